The second-order valence-corrected chi connectivity index (χ2v) is 4.94. The maximum absolute atomic E-state index is 11.0. The van der Waals surface area contributed by atoms with Crippen LogP contribution in [0.1, 0.15) is 18.1 Å². The summed E-state index contributed by atoms with van der Waals surface area (Å²) in [5.41, 5.74) is 2.81. The molecule has 0 amide bonds. The minimum absolute atomic E-state index is 0.109. The van der Waals surface area contributed by atoms with E-state index in [0.29, 0.717) is 18.8 Å². The maximum atomic E-state index is 11.0. The van der Waals surface area contributed by atoms with Gasteiger partial charge in [0.15, 0.2) is 0 Å². The van der Waals surface area contributed by atoms with Gasteiger partial charge in [-0.25, -0.2) is 0 Å². The zero-order valence-corrected chi connectivity index (χ0v) is 12.2. The molecule has 0 radical (unpaired) electrons. The van der Waals surface area contributed by atoms with E-state index in [2.05, 4.69) is 10.2 Å². The van der Waals surface area contributed by atoms with Gasteiger partial charge in [-0.05, 0) is 31.7 Å². The summed E-state index contributed by atoms with van der Waals surface area (Å²) in [5, 5.41) is 14.0. The standard InChI is InChI=1S/C15H19N3O3/c1-3-16-14-8-12(4-5-15(14)18(19)20)9-17(2)10-13-6-7-21-11-13/h4-8,11,16H,3,9-10H2,1-2H3. The fourth-order valence-electron chi connectivity index (χ4n) is 2.23. The van der Waals surface area contributed by atoms with Gasteiger partial charge in [-0.1, -0.05) is 6.07 Å². The van der Waals surface area contributed by atoms with Gasteiger partial charge in [0.05, 0.1) is 17.4 Å². The van der Waals surface area contributed by atoms with E-state index in [1.54, 1.807) is 24.7 Å². The van der Waals surface area contributed by atoms with E-state index >= 15 is 0 Å². The second-order valence-electron chi connectivity index (χ2n) is 4.94. The highest BCUT2D eigenvalue weighted by Crippen LogP contribution is 2.26. The lowest BCUT2D eigenvalue weighted by molar-refractivity contribution is -0.384. The molecule has 0 spiro atoms. The lowest BCUT2D eigenvalue weighted by Gasteiger charge is -2.16. The number of furan rings is 1. The van der Waals surface area contributed by atoms with Crippen molar-refractivity contribution in [3.8, 4) is 0 Å². The number of nitrogens with zero attached hydrogens (tertiary/aromatic N) is 2. The molecule has 6 nitrogen and oxygen atoms in total. The van der Waals surface area contributed by atoms with E-state index < -0.39 is 0 Å². The van der Waals surface area contributed by atoms with E-state index in [9.17, 15) is 10.1 Å². The van der Waals surface area contributed by atoms with Crippen molar-refractivity contribution in [3.05, 3.63) is 58.0 Å². The Bertz CT molecular complexity index is 596. The first-order valence-corrected chi connectivity index (χ1v) is 6.81. The number of hydrogen-bond donors (Lipinski definition) is 1. The molecule has 1 N–H and O–H groups in total. The van der Waals surface area contributed by atoms with Crippen molar-refractivity contribution < 1.29 is 9.34 Å². The van der Waals surface area contributed by atoms with Crippen molar-refractivity contribution in [2.45, 2.75) is 20.0 Å². The molecule has 0 unspecified atom stereocenters. The van der Waals surface area contributed by atoms with Crippen LogP contribution in [0.25, 0.3) is 0 Å². The number of hydrogen-bond acceptors (Lipinski definition) is 5. The van der Waals surface area contributed by atoms with Crippen molar-refractivity contribution in [3.63, 3.8) is 0 Å². The van der Waals surface area contributed by atoms with Gasteiger partial charge < -0.3 is 9.73 Å². The first-order valence-electron chi connectivity index (χ1n) is 6.81. The smallest absolute Gasteiger partial charge is 0.292 e. The zero-order valence-electron chi connectivity index (χ0n) is 12.2. The molecule has 2 aromatic rings. The summed E-state index contributed by atoms with van der Waals surface area (Å²) >= 11 is 0. The number of rotatable bonds is 7. The van der Waals surface area contributed by atoms with E-state index in [1.807, 2.05) is 26.1 Å². The molecule has 0 saturated carbocycles. The topological polar surface area (TPSA) is 71.5 Å². The number of benzene rings is 1. The first-order chi connectivity index (χ1) is 10.1. The van der Waals surface area contributed by atoms with E-state index in [0.717, 1.165) is 17.7 Å². The monoisotopic (exact) mass is 289 g/mol. The van der Waals surface area contributed by atoms with Gasteiger partial charge in [0.2, 0.25) is 0 Å². The molecule has 0 aliphatic carbocycles. The highest BCUT2D eigenvalue weighted by Gasteiger charge is 2.14. The van der Waals surface area contributed by atoms with Gasteiger partial charge in [0, 0.05) is 31.3 Å². The van der Waals surface area contributed by atoms with Crippen LogP contribution in [0.15, 0.2) is 41.2 Å². The summed E-state index contributed by atoms with van der Waals surface area (Å²) in [7, 11) is 2.00. The van der Waals surface area contributed by atoms with Crippen molar-refractivity contribution in [1.29, 1.82) is 0 Å². The van der Waals surface area contributed by atoms with Gasteiger partial charge in [0.1, 0.15) is 5.69 Å². The Kier molecular flexibility index (Phi) is 4.94. The number of anilines is 1. The summed E-state index contributed by atoms with van der Waals surface area (Å²) in [6.45, 7) is 4.04. The predicted octanol–water partition coefficient (Wildman–Crippen LogP) is 3.25. The number of nitrogens with one attached hydrogen (secondary N) is 1. The molecule has 1 aromatic heterocycles. The summed E-state index contributed by atoms with van der Waals surface area (Å²) in [5.74, 6) is 0. The van der Waals surface area contributed by atoms with Crippen LogP contribution in [0.3, 0.4) is 0 Å². The fourth-order valence-corrected chi connectivity index (χ4v) is 2.23. The molecule has 0 atom stereocenters. The third-order valence-corrected chi connectivity index (χ3v) is 3.11. The minimum Gasteiger partial charge on any atom is -0.472 e. The fraction of sp³-hybridized carbons (Fsp3) is 0.333. The van der Waals surface area contributed by atoms with Crippen LogP contribution >= 0.6 is 0 Å². The van der Waals surface area contributed by atoms with Gasteiger partial charge in [-0.2, -0.15) is 0 Å². The summed E-state index contributed by atoms with van der Waals surface area (Å²) < 4.78 is 5.05. The first kappa shape index (κ1) is 15.1. The predicted molar refractivity (Wildman–Crippen MR) is 81.1 cm³/mol. The Morgan fingerprint density at radius 2 is 2.05 bits per heavy atom. The van der Waals surface area contributed by atoms with Gasteiger partial charge in [-0.15, -0.1) is 0 Å². The molecular weight excluding hydrogens is 270 g/mol. The number of nitro benzene ring substituents is 1. The zero-order chi connectivity index (χ0) is 15.2. The van der Waals surface area contributed by atoms with Gasteiger partial charge in [-0.3, -0.25) is 15.0 Å². The molecule has 2 rings (SSSR count). The molecule has 0 saturated heterocycles. The van der Waals surface area contributed by atoms with Gasteiger partial charge >= 0.3 is 0 Å². The Balaban J connectivity index is 2.09. The normalized spacial score (nSPS) is 10.8. The van der Waals surface area contributed by atoms with E-state index in [-0.39, 0.29) is 10.6 Å². The molecule has 1 aromatic carbocycles. The Labute approximate surface area is 123 Å². The third-order valence-electron chi connectivity index (χ3n) is 3.11. The molecule has 0 bridgehead atoms. The van der Waals surface area contributed by atoms with E-state index in [4.69, 9.17) is 4.42 Å². The van der Waals surface area contributed by atoms with Crippen LogP contribution in [-0.4, -0.2) is 23.4 Å². The largest absolute Gasteiger partial charge is 0.472 e. The average Bonchev–Trinajstić information content (AvgIpc) is 2.91. The van der Waals surface area contributed by atoms with Crippen LogP contribution in [0.2, 0.25) is 0 Å². The molecular formula is C15H19N3O3. The lowest BCUT2D eigenvalue weighted by Crippen LogP contribution is -2.17. The molecule has 1 heterocycles. The third kappa shape index (κ3) is 4.06. The van der Waals surface area contributed by atoms with Crippen molar-refractivity contribution >= 4 is 11.4 Å². The van der Waals surface area contributed by atoms with Crippen LogP contribution in [0.5, 0.6) is 0 Å². The molecule has 6 heteroatoms. The van der Waals surface area contributed by atoms with Crippen LogP contribution in [0, 0.1) is 10.1 Å². The van der Waals surface area contributed by atoms with Crippen LogP contribution < -0.4 is 5.32 Å². The van der Waals surface area contributed by atoms with Crippen LogP contribution in [0.4, 0.5) is 11.4 Å². The minimum atomic E-state index is -0.364. The summed E-state index contributed by atoms with van der Waals surface area (Å²) in [6, 6.07) is 7.12. The lowest BCUT2D eigenvalue weighted by atomic mass is 10.1. The molecule has 0 aliphatic rings. The Morgan fingerprint density at radius 1 is 1.29 bits per heavy atom. The number of nitro groups is 1. The second kappa shape index (κ2) is 6.90. The molecule has 0 fully saturated rings. The Hall–Kier alpha value is -2.34. The Morgan fingerprint density at radius 3 is 2.67 bits per heavy atom. The molecule has 21 heavy (non-hydrogen) atoms. The van der Waals surface area contributed by atoms with E-state index in [1.165, 1.54) is 0 Å². The summed E-state index contributed by atoms with van der Waals surface area (Å²) in [4.78, 5) is 12.7. The molecule has 112 valence electrons. The highest BCUT2D eigenvalue weighted by atomic mass is 16.6. The van der Waals surface area contributed by atoms with Crippen molar-refractivity contribution in [2.24, 2.45) is 0 Å². The molecule has 0 aliphatic heterocycles. The summed E-state index contributed by atoms with van der Waals surface area (Å²) in [6.07, 6.45) is 3.37. The van der Waals surface area contributed by atoms with Crippen molar-refractivity contribution in [1.82, 2.24) is 4.90 Å². The SMILES string of the molecule is CCNc1cc(CN(C)Cc2ccoc2)ccc1[N+](=O)[O-]. The average molecular weight is 289 g/mol. The van der Waals surface area contributed by atoms with Crippen LogP contribution in [-0.2, 0) is 13.1 Å². The highest BCUT2D eigenvalue weighted by molar-refractivity contribution is 5.62. The van der Waals surface area contributed by atoms with Gasteiger partial charge in [0.25, 0.3) is 5.69 Å². The maximum Gasteiger partial charge on any atom is 0.292 e. The quantitative estimate of drug-likeness (QED) is 0.625. The van der Waals surface area contributed by atoms with Crippen molar-refractivity contribution in [2.75, 3.05) is 18.9 Å².